The maximum atomic E-state index is 4.68. The summed E-state index contributed by atoms with van der Waals surface area (Å²) in [6.07, 6.45) is 2.12. The third-order valence-corrected chi connectivity index (χ3v) is 3.18. The normalized spacial score (nSPS) is 16.5. The predicted octanol–water partition coefficient (Wildman–Crippen LogP) is 2.16. The van der Waals surface area contributed by atoms with Gasteiger partial charge >= 0.3 is 0 Å². The molecule has 1 N–H and O–H groups in total. The molecule has 1 aliphatic heterocycles. The van der Waals surface area contributed by atoms with Crippen LogP contribution in [-0.4, -0.2) is 9.97 Å². The van der Waals surface area contributed by atoms with Crippen molar-refractivity contribution in [2.75, 3.05) is 0 Å². The molecule has 1 aromatic rings. The van der Waals surface area contributed by atoms with Gasteiger partial charge in [0.1, 0.15) is 5.82 Å². The zero-order valence-corrected chi connectivity index (χ0v) is 9.80. The van der Waals surface area contributed by atoms with Crippen LogP contribution in [0.5, 0.6) is 0 Å². The van der Waals surface area contributed by atoms with E-state index in [4.69, 9.17) is 0 Å². The van der Waals surface area contributed by atoms with Crippen LogP contribution in [0.1, 0.15) is 55.9 Å². The minimum absolute atomic E-state index is 0.473. The van der Waals surface area contributed by atoms with E-state index in [0.717, 1.165) is 31.8 Å². The molecule has 0 amide bonds. The molecule has 3 heteroatoms. The van der Waals surface area contributed by atoms with Gasteiger partial charge in [-0.15, -0.1) is 0 Å². The molecule has 0 radical (unpaired) electrons. The van der Waals surface area contributed by atoms with E-state index < -0.39 is 0 Å². The Morgan fingerprint density at radius 2 is 2.07 bits per heavy atom. The predicted molar refractivity (Wildman–Crippen MR) is 60.7 cm³/mol. The van der Waals surface area contributed by atoms with Gasteiger partial charge < -0.3 is 5.32 Å². The first-order valence-electron chi connectivity index (χ1n) is 5.85. The van der Waals surface area contributed by atoms with Crippen LogP contribution in [0, 0.1) is 0 Å². The van der Waals surface area contributed by atoms with E-state index in [2.05, 4.69) is 36.1 Å². The van der Waals surface area contributed by atoms with Crippen molar-refractivity contribution in [3.05, 3.63) is 22.8 Å². The Kier molecular flexibility index (Phi) is 3.00. The van der Waals surface area contributed by atoms with Crippen LogP contribution in [0.25, 0.3) is 0 Å². The van der Waals surface area contributed by atoms with Crippen molar-refractivity contribution < 1.29 is 0 Å². The van der Waals surface area contributed by atoms with Crippen LogP contribution >= 0.6 is 0 Å². The second-order valence-electron chi connectivity index (χ2n) is 4.22. The average molecular weight is 205 g/mol. The Bertz CT molecular complexity index is 360. The Morgan fingerprint density at radius 3 is 2.73 bits per heavy atom. The van der Waals surface area contributed by atoms with E-state index in [1.807, 2.05) is 0 Å². The summed E-state index contributed by atoms with van der Waals surface area (Å²) in [5.74, 6) is 1.50. The maximum Gasteiger partial charge on any atom is 0.131 e. The molecule has 1 unspecified atom stereocenters. The number of fused-ring (bicyclic) bond motifs is 1. The van der Waals surface area contributed by atoms with Crippen LogP contribution in [0.2, 0.25) is 0 Å². The highest BCUT2D eigenvalue weighted by Gasteiger charge is 2.19. The zero-order chi connectivity index (χ0) is 10.8. The van der Waals surface area contributed by atoms with Crippen molar-refractivity contribution in [2.45, 2.75) is 52.6 Å². The lowest BCUT2D eigenvalue weighted by Gasteiger charge is -2.11. The molecule has 1 aromatic heterocycles. The molecule has 1 aliphatic rings. The topological polar surface area (TPSA) is 37.8 Å². The third-order valence-electron chi connectivity index (χ3n) is 3.18. The highest BCUT2D eigenvalue weighted by molar-refractivity contribution is 5.29. The van der Waals surface area contributed by atoms with Crippen molar-refractivity contribution in [2.24, 2.45) is 0 Å². The van der Waals surface area contributed by atoms with Crippen LogP contribution < -0.4 is 5.32 Å². The number of hydrogen-bond acceptors (Lipinski definition) is 3. The van der Waals surface area contributed by atoms with Crippen LogP contribution in [0.3, 0.4) is 0 Å². The second-order valence-corrected chi connectivity index (χ2v) is 4.22. The van der Waals surface area contributed by atoms with Gasteiger partial charge in [0.2, 0.25) is 0 Å². The lowest BCUT2D eigenvalue weighted by Crippen LogP contribution is -2.07. The van der Waals surface area contributed by atoms with Crippen molar-refractivity contribution in [1.82, 2.24) is 15.3 Å². The van der Waals surface area contributed by atoms with Gasteiger partial charge in [0.25, 0.3) is 0 Å². The fourth-order valence-electron chi connectivity index (χ4n) is 1.95. The number of hydrogen-bond donors (Lipinski definition) is 1. The minimum Gasteiger partial charge on any atom is -0.307 e. The molecule has 3 nitrogen and oxygen atoms in total. The smallest absolute Gasteiger partial charge is 0.131 e. The van der Waals surface area contributed by atoms with Gasteiger partial charge in [-0.1, -0.05) is 20.8 Å². The lowest BCUT2D eigenvalue weighted by molar-refractivity contribution is 0.663. The standard InChI is InChI=1S/C12H19N3/c1-4-8(3)12-14-10(5-2)9-6-13-7-11(9)15-12/h8,13H,4-7H2,1-3H3. The molecule has 82 valence electrons. The summed E-state index contributed by atoms with van der Waals surface area (Å²) in [6.45, 7) is 8.41. The quantitative estimate of drug-likeness (QED) is 0.821. The first-order valence-corrected chi connectivity index (χ1v) is 5.85. The fraction of sp³-hybridized carbons (Fsp3) is 0.667. The van der Waals surface area contributed by atoms with E-state index in [0.29, 0.717) is 5.92 Å². The molecule has 0 saturated carbocycles. The van der Waals surface area contributed by atoms with Crippen LogP contribution in [0.4, 0.5) is 0 Å². The molecular formula is C12H19N3. The maximum absolute atomic E-state index is 4.68. The summed E-state index contributed by atoms with van der Waals surface area (Å²) in [4.78, 5) is 9.34. The highest BCUT2D eigenvalue weighted by Crippen LogP contribution is 2.22. The summed E-state index contributed by atoms with van der Waals surface area (Å²) in [7, 11) is 0. The number of aromatic nitrogens is 2. The van der Waals surface area contributed by atoms with Gasteiger partial charge in [-0.05, 0) is 12.8 Å². The highest BCUT2D eigenvalue weighted by atomic mass is 15.0. The minimum atomic E-state index is 0.473. The molecule has 2 heterocycles. The largest absolute Gasteiger partial charge is 0.307 e. The van der Waals surface area contributed by atoms with Gasteiger partial charge in [0, 0.05) is 30.3 Å². The van der Waals surface area contributed by atoms with Crippen LogP contribution in [-0.2, 0) is 19.5 Å². The number of rotatable bonds is 3. The van der Waals surface area contributed by atoms with Crippen molar-refractivity contribution in [3.8, 4) is 0 Å². The first-order chi connectivity index (χ1) is 7.26. The zero-order valence-electron chi connectivity index (χ0n) is 9.80. The van der Waals surface area contributed by atoms with Gasteiger partial charge in [-0.2, -0.15) is 0 Å². The molecule has 0 bridgehead atoms. The monoisotopic (exact) mass is 205 g/mol. The molecule has 0 fully saturated rings. The molecule has 0 spiro atoms. The van der Waals surface area contributed by atoms with Crippen molar-refractivity contribution in [1.29, 1.82) is 0 Å². The average Bonchev–Trinajstić information content (AvgIpc) is 2.74. The molecule has 2 rings (SSSR count). The Balaban J connectivity index is 2.43. The second kappa shape index (κ2) is 4.27. The molecule has 0 aromatic carbocycles. The SMILES string of the molecule is CCc1nc(C(C)CC)nc2c1CNC2. The summed E-state index contributed by atoms with van der Waals surface area (Å²) in [5, 5.41) is 3.34. The van der Waals surface area contributed by atoms with E-state index in [1.165, 1.54) is 17.0 Å². The van der Waals surface area contributed by atoms with Crippen LogP contribution in [0.15, 0.2) is 0 Å². The summed E-state index contributed by atoms with van der Waals surface area (Å²) in [6, 6.07) is 0. The number of nitrogens with one attached hydrogen (secondary N) is 1. The first kappa shape index (κ1) is 10.6. The Morgan fingerprint density at radius 1 is 1.27 bits per heavy atom. The molecular weight excluding hydrogens is 186 g/mol. The van der Waals surface area contributed by atoms with Gasteiger partial charge in [0.05, 0.1) is 5.69 Å². The summed E-state index contributed by atoms with van der Waals surface area (Å²) >= 11 is 0. The van der Waals surface area contributed by atoms with Gasteiger partial charge in [-0.25, -0.2) is 9.97 Å². The summed E-state index contributed by atoms with van der Waals surface area (Å²) in [5.41, 5.74) is 3.79. The number of aryl methyl sites for hydroxylation is 1. The number of nitrogens with zero attached hydrogens (tertiary/aromatic N) is 2. The van der Waals surface area contributed by atoms with Gasteiger partial charge in [0.15, 0.2) is 0 Å². The molecule has 0 aliphatic carbocycles. The Hall–Kier alpha value is -0.960. The van der Waals surface area contributed by atoms with E-state index in [9.17, 15) is 0 Å². The van der Waals surface area contributed by atoms with E-state index >= 15 is 0 Å². The molecule has 1 atom stereocenters. The lowest BCUT2D eigenvalue weighted by atomic mass is 10.1. The van der Waals surface area contributed by atoms with Crippen molar-refractivity contribution >= 4 is 0 Å². The van der Waals surface area contributed by atoms with Gasteiger partial charge in [-0.3, -0.25) is 0 Å². The van der Waals surface area contributed by atoms with Crippen molar-refractivity contribution in [3.63, 3.8) is 0 Å². The summed E-state index contributed by atoms with van der Waals surface area (Å²) < 4.78 is 0. The van der Waals surface area contributed by atoms with E-state index in [-0.39, 0.29) is 0 Å². The Labute approximate surface area is 91.3 Å². The molecule has 0 saturated heterocycles. The fourth-order valence-corrected chi connectivity index (χ4v) is 1.95. The third kappa shape index (κ3) is 1.88. The van der Waals surface area contributed by atoms with E-state index in [1.54, 1.807) is 0 Å². The molecule has 15 heavy (non-hydrogen) atoms.